The average molecular weight is 272 g/mol. The highest BCUT2D eigenvalue weighted by atomic mass is 35.5. The Labute approximate surface area is 112 Å². The Hall–Kier alpha value is -1.42. The fraction of sp³-hybridized carbons (Fsp3) is 0.462. The lowest BCUT2D eigenvalue weighted by Crippen LogP contribution is -2.07. The van der Waals surface area contributed by atoms with Crippen molar-refractivity contribution in [3.63, 3.8) is 0 Å². The molecular formula is C13H18ClNO3. The molecule has 18 heavy (non-hydrogen) atoms. The number of oxime groups is 1. The quantitative estimate of drug-likeness (QED) is 0.489. The van der Waals surface area contributed by atoms with Crippen LogP contribution in [-0.4, -0.2) is 24.6 Å². The molecule has 1 aromatic carbocycles. The van der Waals surface area contributed by atoms with Gasteiger partial charge in [-0.2, -0.15) is 0 Å². The smallest absolute Gasteiger partial charge is 0.179 e. The van der Waals surface area contributed by atoms with Crippen molar-refractivity contribution in [2.45, 2.75) is 20.8 Å². The lowest BCUT2D eigenvalue weighted by molar-refractivity contribution is 0.248. The number of benzene rings is 1. The van der Waals surface area contributed by atoms with Gasteiger partial charge in [-0.3, -0.25) is 0 Å². The fourth-order valence-corrected chi connectivity index (χ4v) is 1.66. The molecule has 5 heteroatoms. The van der Waals surface area contributed by atoms with Crippen LogP contribution in [0.25, 0.3) is 0 Å². The molecule has 0 unspecified atom stereocenters. The molecule has 0 bridgehead atoms. The molecule has 100 valence electrons. The SMILES string of the molecule is CCOc1cc(/C=N\O)cc(Cl)c1OCC(C)C. The fourth-order valence-electron chi connectivity index (χ4n) is 1.38. The van der Waals surface area contributed by atoms with Crippen LogP contribution >= 0.6 is 11.6 Å². The van der Waals surface area contributed by atoms with E-state index in [1.165, 1.54) is 6.21 Å². The monoisotopic (exact) mass is 271 g/mol. The first-order valence-electron chi connectivity index (χ1n) is 5.85. The first-order chi connectivity index (χ1) is 8.58. The number of ether oxygens (including phenoxy) is 2. The van der Waals surface area contributed by atoms with Crippen molar-refractivity contribution in [1.82, 2.24) is 0 Å². The third kappa shape index (κ3) is 4.11. The molecular weight excluding hydrogens is 254 g/mol. The molecule has 1 rings (SSSR count). The summed E-state index contributed by atoms with van der Waals surface area (Å²) in [4.78, 5) is 0. The Balaban J connectivity index is 3.05. The summed E-state index contributed by atoms with van der Waals surface area (Å²) in [6, 6.07) is 3.39. The van der Waals surface area contributed by atoms with Crippen LogP contribution in [0, 0.1) is 5.92 Å². The lowest BCUT2D eigenvalue weighted by Gasteiger charge is -2.15. The van der Waals surface area contributed by atoms with Crippen LogP contribution in [0.5, 0.6) is 11.5 Å². The molecule has 0 aliphatic carbocycles. The molecule has 1 aromatic rings. The van der Waals surface area contributed by atoms with Crippen LogP contribution in [0.15, 0.2) is 17.3 Å². The highest BCUT2D eigenvalue weighted by Gasteiger charge is 2.12. The molecule has 0 saturated heterocycles. The molecule has 0 aliphatic rings. The predicted octanol–water partition coefficient (Wildman–Crippen LogP) is 3.58. The molecule has 1 N–H and O–H groups in total. The van der Waals surface area contributed by atoms with E-state index in [9.17, 15) is 0 Å². The number of halogens is 1. The maximum absolute atomic E-state index is 8.53. The summed E-state index contributed by atoms with van der Waals surface area (Å²) in [6.45, 7) is 7.07. The summed E-state index contributed by atoms with van der Waals surface area (Å²) in [7, 11) is 0. The Bertz CT molecular complexity index is 419. The second kappa shape index (κ2) is 7.11. The van der Waals surface area contributed by atoms with E-state index in [4.69, 9.17) is 26.3 Å². The molecule has 0 spiro atoms. The highest BCUT2D eigenvalue weighted by molar-refractivity contribution is 6.32. The third-order valence-corrected chi connectivity index (χ3v) is 2.38. The van der Waals surface area contributed by atoms with Crippen molar-refractivity contribution in [1.29, 1.82) is 0 Å². The molecule has 0 saturated carbocycles. The van der Waals surface area contributed by atoms with Crippen molar-refractivity contribution >= 4 is 17.8 Å². The number of rotatable bonds is 6. The van der Waals surface area contributed by atoms with E-state index in [-0.39, 0.29) is 0 Å². The van der Waals surface area contributed by atoms with Crippen LogP contribution in [0.4, 0.5) is 0 Å². The van der Waals surface area contributed by atoms with Gasteiger partial charge in [-0.25, -0.2) is 0 Å². The molecule has 0 amide bonds. The minimum Gasteiger partial charge on any atom is -0.490 e. The van der Waals surface area contributed by atoms with E-state index < -0.39 is 0 Å². The van der Waals surface area contributed by atoms with Crippen molar-refractivity contribution in [3.8, 4) is 11.5 Å². The van der Waals surface area contributed by atoms with Crippen molar-refractivity contribution in [2.24, 2.45) is 11.1 Å². The summed E-state index contributed by atoms with van der Waals surface area (Å²) in [5.74, 6) is 1.48. The normalized spacial score (nSPS) is 11.2. The van der Waals surface area contributed by atoms with Crippen LogP contribution in [-0.2, 0) is 0 Å². The van der Waals surface area contributed by atoms with E-state index in [0.29, 0.717) is 41.2 Å². The van der Waals surface area contributed by atoms with Crippen LogP contribution in [0.2, 0.25) is 5.02 Å². The van der Waals surface area contributed by atoms with Gasteiger partial charge in [0, 0.05) is 5.56 Å². The van der Waals surface area contributed by atoms with Gasteiger partial charge in [0.05, 0.1) is 24.5 Å². The maximum atomic E-state index is 8.53. The van der Waals surface area contributed by atoms with Crippen LogP contribution in [0.3, 0.4) is 0 Å². The van der Waals surface area contributed by atoms with Crippen molar-refractivity contribution < 1.29 is 14.7 Å². The first kappa shape index (κ1) is 14.6. The van der Waals surface area contributed by atoms with Gasteiger partial charge in [0.15, 0.2) is 11.5 Å². The zero-order valence-electron chi connectivity index (χ0n) is 10.8. The van der Waals surface area contributed by atoms with Crippen molar-refractivity contribution in [2.75, 3.05) is 13.2 Å². The van der Waals surface area contributed by atoms with Crippen LogP contribution in [0.1, 0.15) is 26.3 Å². The van der Waals surface area contributed by atoms with E-state index >= 15 is 0 Å². The van der Waals surface area contributed by atoms with Gasteiger partial charge in [0.1, 0.15) is 0 Å². The number of nitrogens with zero attached hydrogens (tertiary/aromatic N) is 1. The molecule has 0 radical (unpaired) electrons. The van der Waals surface area contributed by atoms with Crippen LogP contribution < -0.4 is 9.47 Å². The van der Waals surface area contributed by atoms with Gasteiger partial charge in [0.2, 0.25) is 0 Å². The minimum atomic E-state index is 0.397. The zero-order valence-corrected chi connectivity index (χ0v) is 11.6. The second-order valence-corrected chi connectivity index (χ2v) is 4.62. The summed E-state index contributed by atoms with van der Waals surface area (Å²) in [5.41, 5.74) is 0.655. The molecule has 0 aromatic heterocycles. The molecule has 0 aliphatic heterocycles. The Morgan fingerprint density at radius 3 is 2.67 bits per heavy atom. The molecule has 0 atom stereocenters. The Kier molecular flexibility index (Phi) is 5.78. The lowest BCUT2D eigenvalue weighted by atomic mass is 10.2. The minimum absolute atomic E-state index is 0.397. The maximum Gasteiger partial charge on any atom is 0.179 e. The molecule has 0 fully saturated rings. The molecule has 4 nitrogen and oxygen atoms in total. The summed E-state index contributed by atoms with van der Waals surface area (Å²) in [5, 5.41) is 11.9. The summed E-state index contributed by atoms with van der Waals surface area (Å²) in [6.07, 6.45) is 1.29. The van der Waals surface area contributed by atoms with Crippen molar-refractivity contribution in [3.05, 3.63) is 22.7 Å². The largest absolute Gasteiger partial charge is 0.490 e. The Morgan fingerprint density at radius 1 is 1.39 bits per heavy atom. The summed E-state index contributed by atoms with van der Waals surface area (Å²) >= 11 is 6.14. The highest BCUT2D eigenvalue weighted by Crippen LogP contribution is 2.36. The number of hydrogen-bond donors (Lipinski definition) is 1. The standard InChI is InChI=1S/C13H18ClNO3/c1-4-17-12-6-10(7-15-16)5-11(14)13(12)18-8-9(2)3/h5-7,9,16H,4,8H2,1-3H3/b15-7-. The van der Waals surface area contributed by atoms with Gasteiger partial charge >= 0.3 is 0 Å². The topological polar surface area (TPSA) is 51.0 Å². The van der Waals surface area contributed by atoms with E-state index in [0.717, 1.165) is 0 Å². The Morgan fingerprint density at radius 2 is 2.11 bits per heavy atom. The van der Waals surface area contributed by atoms with E-state index in [2.05, 4.69) is 19.0 Å². The third-order valence-electron chi connectivity index (χ3n) is 2.10. The predicted molar refractivity (Wildman–Crippen MR) is 72.3 cm³/mol. The summed E-state index contributed by atoms with van der Waals surface area (Å²) < 4.78 is 11.1. The second-order valence-electron chi connectivity index (χ2n) is 4.21. The van der Waals surface area contributed by atoms with Gasteiger partial charge in [-0.05, 0) is 25.0 Å². The first-order valence-corrected chi connectivity index (χ1v) is 6.22. The zero-order chi connectivity index (χ0) is 13.5. The van der Waals surface area contributed by atoms with E-state index in [1.54, 1.807) is 12.1 Å². The van der Waals surface area contributed by atoms with Gasteiger partial charge in [0.25, 0.3) is 0 Å². The molecule has 0 heterocycles. The number of hydrogen-bond acceptors (Lipinski definition) is 4. The van der Waals surface area contributed by atoms with Gasteiger partial charge < -0.3 is 14.7 Å². The van der Waals surface area contributed by atoms with E-state index in [1.807, 2.05) is 6.92 Å². The van der Waals surface area contributed by atoms with Gasteiger partial charge in [-0.1, -0.05) is 30.6 Å². The van der Waals surface area contributed by atoms with Gasteiger partial charge in [-0.15, -0.1) is 0 Å². The average Bonchev–Trinajstić information content (AvgIpc) is 2.28.